The maximum Gasteiger partial charge on any atom is 0.161 e. The molecule has 0 bridgehead atoms. The summed E-state index contributed by atoms with van der Waals surface area (Å²) in [5.74, 6) is 4.15. The summed E-state index contributed by atoms with van der Waals surface area (Å²) in [5, 5.41) is 0. The quantitative estimate of drug-likeness (QED) is 0.826. The number of ether oxygens (including phenoxy) is 2. The summed E-state index contributed by atoms with van der Waals surface area (Å²) in [4.78, 5) is 2.71. The maximum absolute atomic E-state index is 5.54. The molecular formula is C20H31NO2. The van der Waals surface area contributed by atoms with Crippen LogP contribution < -0.4 is 9.47 Å². The van der Waals surface area contributed by atoms with Gasteiger partial charge in [0.2, 0.25) is 0 Å². The van der Waals surface area contributed by atoms with E-state index in [-0.39, 0.29) is 0 Å². The average molecular weight is 317 g/mol. The molecule has 3 nitrogen and oxygen atoms in total. The van der Waals surface area contributed by atoms with E-state index in [1.54, 1.807) is 14.2 Å². The van der Waals surface area contributed by atoms with E-state index in [0.717, 1.165) is 35.7 Å². The summed E-state index contributed by atoms with van der Waals surface area (Å²) in [6.45, 7) is 9.56. The molecule has 3 atom stereocenters. The lowest BCUT2D eigenvalue weighted by Crippen LogP contribution is -2.45. The van der Waals surface area contributed by atoms with E-state index >= 15 is 0 Å². The predicted molar refractivity (Wildman–Crippen MR) is 94.3 cm³/mol. The van der Waals surface area contributed by atoms with Gasteiger partial charge in [-0.1, -0.05) is 20.8 Å². The molecule has 3 rings (SSSR count). The van der Waals surface area contributed by atoms with E-state index in [1.165, 1.54) is 37.1 Å². The number of methoxy groups -OCH3 is 2. The zero-order chi connectivity index (χ0) is 16.6. The fraction of sp³-hybridized carbons (Fsp3) is 0.700. The lowest BCUT2D eigenvalue weighted by atomic mass is 9.75. The van der Waals surface area contributed by atoms with Crippen LogP contribution in [0.2, 0.25) is 0 Å². The molecule has 2 aliphatic rings. The molecule has 1 aromatic carbocycles. The molecule has 0 radical (unpaired) electrons. The number of rotatable bonds is 4. The van der Waals surface area contributed by atoms with Crippen molar-refractivity contribution < 1.29 is 9.47 Å². The molecule has 23 heavy (non-hydrogen) atoms. The molecular weight excluding hydrogens is 286 g/mol. The molecule has 1 aromatic rings. The molecule has 0 amide bonds. The number of nitrogens with zero attached hydrogens (tertiary/aromatic N) is 1. The molecule has 0 N–H and O–H groups in total. The second kappa shape index (κ2) is 6.72. The van der Waals surface area contributed by atoms with E-state index in [0.29, 0.717) is 6.04 Å². The molecule has 2 heterocycles. The molecule has 0 saturated carbocycles. The van der Waals surface area contributed by atoms with Crippen LogP contribution >= 0.6 is 0 Å². The van der Waals surface area contributed by atoms with Crippen molar-refractivity contribution in [1.29, 1.82) is 0 Å². The molecule has 0 unspecified atom stereocenters. The van der Waals surface area contributed by atoms with Gasteiger partial charge in [-0.25, -0.2) is 0 Å². The summed E-state index contributed by atoms with van der Waals surface area (Å²) in [6.07, 6.45) is 3.73. The molecule has 0 aliphatic carbocycles. The molecule has 0 spiro atoms. The highest BCUT2D eigenvalue weighted by molar-refractivity contribution is 5.49. The van der Waals surface area contributed by atoms with Gasteiger partial charge < -0.3 is 9.47 Å². The molecule has 128 valence electrons. The van der Waals surface area contributed by atoms with Crippen LogP contribution in [-0.4, -0.2) is 32.2 Å². The fourth-order valence-corrected chi connectivity index (χ4v) is 4.51. The lowest BCUT2D eigenvalue weighted by Gasteiger charge is -2.47. The molecule has 0 aromatic heterocycles. The Morgan fingerprint density at radius 1 is 1.17 bits per heavy atom. The van der Waals surface area contributed by atoms with Crippen LogP contribution in [0.15, 0.2) is 12.1 Å². The van der Waals surface area contributed by atoms with Crippen molar-refractivity contribution in [1.82, 2.24) is 4.90 Å². The third-order valence-corrected chi connectivity index (χ3v) is 5.76. The topological polar surface area (TPSA) is 21.7 Å². The third kappa shape index (κ3) is 3.21. The van der Waals surface area contributed by atoms with Gasteiger partial charge in [0.25, 0.3) is 0 Å². The summed E-state index contributed by atoms with van der Waals surface area (Å²) < 4.78 is 11.0. The maximum atomic E-state index is 5.54. The van der Waals surface area contributed by atoms with Crippen LogP contribution in [0.4, 0.5) is 0 Å². The summed E-state index contributed by atoms with van der Waals surface area (Å²) in [6, 6.07) is 4.97. The number of fused-ring (bicyclic) bond motifs is 3. The van der Waals surface area contributed by atoms with Gasteiger partial charge in [0, 0.05) is 19.1 Å². The highest BCUT2D eigenvalue weighted by Crippen LogP contribution is 2.45. The fourth-order valence-electron chi connectivity index (χ4n) is 4.51. The van der Waals surface area contributed by atoms with Gasteiger partial charge in [0.1, 0.15) is 0 Å². The number of hydrogen-bond acceptors (Lipinski definition) is 3. The Bertz CT molecular complexity index is 555. The van der Waals surface area contributed by atoms with Crippen molar-refractivity contribution in [3.8, 4) is 11.5 Å². The van der Waals surface area contributed by atoms with Crippen LogP contribution in [0.25, 0.3) is 0 Å². The monoisotopic (exact) mass is 317 g/mol. The van der Waals surface area contributed by atoms with Crippen LogP contribution in [0, 0.1) is 17.8 Å². The van der Waals surface area contributed by atoms with E-state index in [4.69, 9.17) is 9.47 Å². The molecule has 1 fully saturated rings. The van der Waals surface area contributed by atoms with Crippen molar-refractivity contribution in [3.05, 3.63) is 23.3 Å². The first-order valence-electron chi connectivity index (χ1n) is 9.02. The standard InChI is InChI=1S/C20H31NO2/c1-13(2)8-16-12-21-7-6-15-10-19(22-4)20(23-5)11-17(15)18(21)9-14(16)3/h10-11,13-14,16,18H,6-9,12H2,1-5H3/t14-,16-,18-/m0/s1. The van der Waals surface area contributed by atoms with Crippen LogP contribution in [0.3, 0.4) is 0 Å². The van der Waals surface area contributed by atoms with Crippen LogP contribution in [0.5, 0.6) is 11.5 Å². The minimum absolute atomic E-state index is 0.553. The van der Waals surface area contributed by atoms with Gasteiger partial charge in [-0.3, -0.25) is 4.90 Å². The molecule has 2 aliphatic heterocycles. The zero-order valence-corrected chi connectivity index (χ0v) is 15.3. The first kappa shape index (κ1) is 16.6. The Kier molecular flexibility index (Phi) is 4.86. The van der Waals surface area contributed by atoms with E-state index < -0.39 is 0 Å². The Morgan fingerprint density at radius 2 is 1.87 bits per heavy atom. The average Bonchev–Trinajstić information content (AvgIpc) is 2.53. The number of hydrogen-bond donors (Lipinski definition) is 0. The number of piperidine rings is 1. The summed E-state index contributed by atoms with van der Waals surface area (Å²) >= 11 is 0. The largest absolute Gasteiger partial charge is 0.493 e. The second-order valence-electron chi connectivity index (χ2n) is 7.77. The normalized spacial score (nSPS) is 27.5. The smallest absolute Gasteiger partial charge is 0.161 e. The minimum Gasteiger partial charge on any atom is -0.493 e. The van der Waals surface area contributed by atoms with Crippen LogP contribution in [-0.2, 0) is 6.42 Å². The van der Waals surface area contributed by atoms with E-state index in [2.05, 4.69) is 37.8 Å². The first-order valence-corrected chi connectivity index (χ1v) is 9.02. The first-order chi connectivity index (χ1) is 11.0. The Morgan fingerprint density at radius 3 is 2.52 bits per heavy atom. The second-order valence-corrected chi connectivity index (χ2v) is 7.77. The Hall–Kier alpha value is -1.22. The van der Waals surface area contributed by atoms with Gasteiger partial charge in [-0.2, -0.15) is 0 Å². The minimum atomic E-state index is 0.553. The Labute approximate surface area is 141 Å². The van der Waals surface area contributed by atoms with E-state index in [1.807, 2.05) is 0 Å². The highest BCUT2D eigenvalue weighted by atomic mass is 16.5. The summed E-state index contributed by atoms with van der Waals surface area (Å²) in [7, 11) is 3.45. The SMILES string of the molecule is COc1cc2c(cc1OC)[C@@H]1C[C@H](C)[C@@H](CC(C)C)CN1CC2. The zero-order valence-electron chi connectivity index (χ0n) is 15.3. The van der Waals surface area contributed by atoms with Gasteiger partial charge in [-0.05, 0) is 60.3 Å². The lowest BCUT2D eigenvalue weighted by molar-refractivity contribution is 0.0515. The van der Waals surface area contributed by atoms with Crippen LogP contribution in [0.1, 0.15) is 50.8 Å². The summed E-state index contributed by atoms with van der Waals surface area (Å²) in [5.41, 5.74) is 2.90. The van der Waals surface area contributed by atoms with Gasteiger partial charge in [-0.15, -0.1) is 0 Å². The Balaban J connectivity index is 1.87. The third-order valence-electron chi connectivity index (χ3n) is 5.76. The van der Waals surface area contributed by atoms with Gasteiger partial charge in [0.05, 0.1) is 14.2 Å². The molecule has 3 heteroatoms. The predicted octanol–water partition coefficient (Wildman–Crippen LogP) is 4.31. The van der Waals surface area contributed by atoms with Gasteiger partial charge >= 0.3 is 0 Å². The van der Waals surface area contributed by atoms with Crippen molar-refractivity contribution in [2.45, 2.75) is 46.1 Å². The highest BCUT2D eigenvalue weighted by Gasteiger charge is 2.37. The number of benzene rings is 1. The van der Waals surface area contributed by atoms with Crippen molar-refractivity contribution in [2.24, 2.45) is 17.8 Å². The van der Waals surface area contributed by atoms with Crippen molar-refractivity contribution in [2.75, 3.05) is 27.3 Å². The molecule has 1 saturated heterocycles. The van der Waals surface area contributed by atoms with Crippen molar-refractivity contribution >= 4 is 0 Å². The van der Waals surface area contributed by atoms with E-state index in [9.17, 15) is 0 Å². The van der Waals surface area contributed by atoms with Gasteiger partial charge in [0.15, 0.2) is 11.5 Å². The van der Waals surface area contributed by atoms with Crippen molar-refractivity contribution in [3.63, 3.8) is 0 Å².